The van der Waals surface area contributed by atoms with E-state index < -0.39 is 12.0 Å². The van der Waals surface area contributed by atoms with Gasteiger partial charge >= 0.3 is 12.0 Å². The molecule has 0 bridgehead atoms. The molecule has 1 atom stereocenters. The first-order valence-electron chi connectivity index (χ1n) is 6.40. The molecule has 0 spiro atoms. The van der Waals surface area contributed by atoms with Gasteiger partial charge in [-0.2, -0.15) is 0 Å². The van der Waals surface area contributed by atoms with Crippen molar-refractivity contribution in [2.75, 3.05) is 20.2 Å². The fourth-order valence-electron chi connectivity index (χ4n) is 2.31. The van der Waals surface area contributed by atoms with E-state index in [0.717, 1.165) is 12.8 Å². The average molecular weight is 258 g/mol. The Bertz CT molecular complexity index is 290. The molecular weight excluding hydrogens is 236 g/mol. The highest BCUT2D eigenvalue weighted by Crippen LogP contribution is 2.25. The minimum Gasteiger partial charge on any atom is -0.480 e. The molecule has 104 valence electrons. The average Bonchev–Trinajstić information content (AvgIpc) is 2.80. The number of carbonyl (C=O) groups is 2. The summed E-state index contributed by atoms with van der Waals surface area (Å²) in [6.45, 7) is 0.404. The first-order valence-corrected chi connectivity index (χ1v) is 6.40. The molecule has 0 aliphatic heterocycles. The number of aliphatic carboxylic acids is 1. The van der Waals surface area contributed by atoms with Crippen LogP contribution in [0.4, 0.5) is 4.79 Å². The number of nitrogens with zero attached hydrogens (tertiary/aromatic N) is 1. The first-order chi connectivity index (χ1) is 8.54. The van der Waals surface area contributed by atoms with Gasteiger partial charge in [0, 0.05) is 26.6 Å². The fraction of sp³-hybridized carbons (Fsp3) is 0.833. The highest BCUT2D eigenvalue weighted by Gasteiger charge is 2.23. The van der Waals surface area contributed by atoms with Gasteiger partial charge in [0.25, 0.3) is 0 Å². The number of amides is 2. The van der Waals surface area contributed by atoms with Crippen molar-refractivity contribution < 1.29 is 19.8 Å². The Morgan fingerprint density at radius 3 is 2.50 bits per heavy atom. The lowest BCUT2D eigenvalue weighted by molar-refractivity contribution is -0.139. The van der Waals surface area contributed by atoms with E-state index in [1.54, 1.807) is 7.05 Å². The molecular formula is C12H22N2O4. The molecule has 0 aromatic carbocycles. The van der Waals surface area contributed by atoms with E-state index in [9.17, 15) is 9.59 Å². The summed E-state index contributed by atoms with van der Waals surface area (Å²) < 4.78 is 0. The second kappa shape index (κ2) is 7.20. The molecule has 6 nitrogen and oxygen atoms in total. The summed E-state index contributed by atoms with van der Waals surface area (Å²) in [7, 11) is 1.67. The molecule has 1 rings (SSSR count). The standard InChI is InChI=1S/C12H22N2O4/c1-14(8-9-4-2-3-5-9)12(18)13-10(6-7-15)11(16)17/h9-10,15H,2-8H2,1H3,(H,13,18)(H,16,17)/t10-/m0/s1. The van der Waals surface area contributed by atoms with Crippen LogP contribution in [0.5, 0.6) is 0 Å². The lowest BCUT2D eigenvalue weighted by Crippen LogP contribution is -2.48. The zero-order valence-corrected chi connectivity index (χ0v) is 10.8. The second-order valence-corrected chi connectivity index (χ2v) is 4.88. The van der Waals surface area contributed by atoms with Crippen LogP contribution in [0.2, 0.25) is 0 Å². The van der Waals surface area contributed by atoms with Crippen molar-refractivity contribution in [3.8, 4) is 0 Å². The smallest absolute Gasteiger partial charge is 0.326 e. The maximum absolute atomic E-state index is 11.8. The first kappa shape index (κ1) is 14.8. The molecule has 18 heavy (non-hydrogen) atoms. The van der Waals surface area contributed by atoms with E-state index in [-0.39, 0.29) is 19.1 Å². The van der Waals surface area contributed by atoms with Gasteiger partial charge < -0.3 is 20.4 Å². The van der Waals surface area contributed by atoms with Crippen LogP contribution in [0.3, 0.4) is 0 Å². The topological polar surface area (TPSA) is 89.9 Å². The number of hydrogen-bond donors (Lipinski definition) is 3. The van der Waals surface area contributed by atoms with Crippen LogP contribution < -0.4 is 5.32 Å². The van der Waals surface area contributed by atoms with Crippen LogP contribution in [-0.2, 0) is 4.79 Å². The number of carbonyl (C=O) groups excluding carboxylic acids is 1. The minimum atomic E-state index is -1.12. The minimum absolute atomic E-state index is 0.0261. The molecule has 0 heterocycles. The van der Waals surface area contributed by atoms with Crippen LogP contribution in [0, 0.1) is 5.92 Å². The van der Waals surface area contributed by atoms with Crippen molar-refractivity contribution in [3.05, 3.63) is 0 Å². The third-order valence-corrected chi connectivity index (χ3v) is 3.37. The van der Waals surface area contributed by atoms with E-state index in [0.29, 0.717) is 12.5 Å². The van der Waals surface area contributed by atoms with Gasteiger partial charge in [-0.15, -0.1) is 0 Å². The van der Waals surface area contributed by atoms with Crippen LogP contribution >= 0.6 is 0 Å². The molecule has 1 saturated carbocycles. The van der Waals surface area contributed by atoms with Crippen LogP contribution in [-0.4, -0.2) is 53.4 Å². The Hall–Kier alpha value is -1.30. The van der Waals surface area contributed by atoms with Gasteiger partial charge in [0.1, 0.15) is 6.04 Å². The van der Waals surface area contributed by atoms with Crippen molar-refractivity contribution in [2.45, 2.75) is 38.1 Å². The third kappa shape index (κ3) is 4.52. The Balaban J connectivity index is 2.39. The van der Waals surface area contributed by atoms with Crippen molar-refractivity contribution >= 4 is 12.0 Å². The molecule has 1 aliphatic carbocycles. The maximum Gasteiger partial charge on any atom is 0.326 e. The predicted molar refractivity (Wildman–Crippen MR) is 66.2 cm³/mol. The highest BCUT2D eigenvalue weighted by atomic mass is 16.4. The second-order valence-electron chi connectivity index (χ2n) is 4.88. The summed E-state index contributed by atoms with van der Waals surface area (Å²) in [6.07, 6.45) is 4.72. The monoisotopic (exact) mass is 258 g/mol. The van der Waals surface area contributed by atoms with Gasteiger partial charge in [0.15, 0.2) is 0 Å². The quantitative estimate of drug-likeness (QED) is 0.652. The molecule has 1 aliphatic rings. The maximum atomic E-state index is 11.8. The van der Waals surface area contributed by atoms with Crippen molar-refractivity contribution in [1.29, 1.82) is 0 Å². The zero-order chi connectivity index (χ0) is 13.5. The molecule has 2 amide bonds. The number of carboxylic acids is 1. The molecule has 0 unspecified atom stereocenters. The van der Waals surface area contributed by atoms with Gasteiger partial charge in [-0.1, -0.05) is 12.8 Å². The van der Waals surface area contributed by atoms with E-state index in [1.165, 1.54) is 17.7 Å². The van der Waals surface area contributed by atoms with Crippen molar-refractivity contribution in [2.24, 2.45) is 5.92 Å². The molecule has 0 saturated heterocycles. The Kier molecular flexibility index (Phi) is 5.91. The van der Waals surface area contributed by atoms with Gasteiger partial charge in [0.2, 0.25) is 0 Å². The Labute approximate surface area is 107 Å². The molecule has 6 heteroatoms. The molecule has 0 radical (unpaired) electrons. The number of aliphatic hydroxyl groups excluding tert-OH is 1. The van der Waals surface area contributed by atoms with Crippen LogP contribution in [0.15, 0.2) is 0 Å². The summed E-state index contributed by atoms with van der Waals surface area (Å²) in [4.78, 5) is 24.2. The van der Waals surface area contributed by atoms with Gasteiger partial charge in [-0.05, 0) is 18.8 Å². The number of hydrogen-bond acceptors (Lipinski definition) is 3. The van der Waals surface area contributed by atoms with E-state index in [1.807, 2.05) is 0 Å². The highest BCUT2D eigenvalue weighted by molar-refractivity contribution is 5.82. The lowest BCUT2D eigenvalue weighted by Gasteiger charge is -2.23. The van der Waals surface area contributed by atoms with Gasteiger partial charge in [-0.3, -0.25) is 0 Å². The van der Waals surface area contributed by atoms with Crippen LogP contribution in [0.1, 0.15) is 32.1 Å². The summed E-state index contributed by atoms with van der Waals surface area (Å²) in [5.74, 6) is -0.589. The molecule has 3 N–H and O–H groups in total. The number of nitrogens with one attached hydrogen (secondary N) is 1. The summed E-state index contributed by atoms with van der Waals surface area (Å²) in [6, 6.07) is -1.41. The summed E-state index contributed by atoms with van der Waals surface area (Å²) in [5.41, 5.74) is 0. The Morgan fingerprint density at radius 2 is 2.00 bits per heavy atom. The SMILES string of the molecule is CN(CC1CCCC1)C(=O)N[C@@H](CCO)C(=O)O. The van der Waals surface area contributed by atoms with E-state index in [2.05, 4.69) is 5.32 Å². The molecule has 1 fully saturated rings. The number of carboxylic acid groups (broad SMARTS) is 1. The van der Waals surface area contributed by atoms with Crippen molar-refractivity contribution in [1.82, 2.24) is 10.2 Å². The number of aliphatic hydroxyl groups is 1. The summed E-state index contributed by atoms with van der Waals surface area (Å²) >= 11 is 0. The predicted octanol–water partition coefficient (Wildman–Crippen LogP) is 0.654. The summed E-state index contributed by atoms with van der Waals surface area (Å²) in [5, 5.41) is 20.0. The third-order valence-electron chi connectivity index (χ3n) is 3.37. The lowest BCUT2D eigenvalue weighted by atomic mass is 10.1. The normalized spacial score (nSPS) is 17.4. The number of urea groups is 1. The van der Waals surface area contributed by atoms with Gasteiger partial charge in [0.05, 0.1) is 0 Å². The van der Waals surface area contributed by atoms with Crippen molar-refractivity contribution in [3.63, 3.8) is 0 Å². The molecule has 0 aromatic rings. The fourth-order valence-corrected chi connectivity index (χ4v) is 2.31. The Morgan fingerprint density at radius 1 is 1.39 bits per heavy atom. The van der Waals surface area contributed by atoms with E-state index in [4.69, 9.17) is 10.2 Å². The molecule has 0 aromatic heterocycles. The zero-order valence-electron chi connectivity index (χ0n) is 10.8. The van der Waals surface area contributed by atoms with E-state index >= 15 is 0 Å². The van der Waals surface area contributed by atoms with Crippen LogP contribution in [0.25, 0.3) is 0 Å². The number of rotatable bonds is 6. The van der Waals surface area contributed by atoms with Gasteiger partial charge in [-0.25, -0.2) is 9.59 Å². The largest absolute Gasteiger partial charge is 0.480 e.